The van der Waals surface area contributed by atoms with Gasteiger partial charge in [0.1, 0.15) is 0 Å². The molecule has 0 heterocycles. The first-order valence-corrected chi connectivity index (χ1v) is 7.65. The molecule has 4 nitrogen and oxygen atoms in total. The molecule has 1 aliphatic carbocycles. The molecule has 0 amide bonds. The normalized spacial score (nSPS) is 26.5. The van der Waals surface area contributed by atoms with Crippen LogP contribution in [-0.4, -0.2) is 22.8 Å². The summed E-state index contributed by atoms with van der Waals surface area (Å²) >= 11 is 1.66. The summed E-state index contributed by atoms with van der Waals surface area (Å²) in [5, 5.41) is 15.0. The fourth-order valence-corrected chi connectivity index (χ4v) is 4.12. The van der Waals surface area contributed by atoms with Gasteiger partial charge in [0.15, 0.2) is 0 Å². The highest BCUT2D eigenvalue weighted by Gasteiger charge is 2.33. The van der Waals surface area contributed by atoms with Gasteiger partial charge in [-0.15, -0.1) is 11.8 Å². The van der Waals surface area contributed by atoms with Crippen molar-refractivity contribution in [2.45, 2.75) is 42.9 Å². The minimum atomic E-state index is -0.288. The third-order valence-corrected chi connectivity index (χ3v) is 5.36. The van der Waals surface area contributed by atoms with Crippen LogP contribution in [0.3, 0.4) is 0 Å². The van der Waals surface area contributed by atoms with E-state index in [1.165, 1.54) is 0 Å². The largest absolute Gasteiger partial charge is 0.314 e. The van der Waals surface area contributed by atoms with E-state index in [0.29, 0.717) is 17.2 Å². The van der Waals surface area contributed by atoms with Crippen LogP contribution in [0.25, 0.3) is 0 Å². The number of benzene rings is 1. The first-order valence-electron chi connectivity index (χ1n) is 6.77. The average molecular weight is 280 g/mol. The molecule has 19 heavy (non-hydrogen) atoms. The number of thioether (sulfide) groups is 1. The zero-order chi connectivity index (χ0) is 13.8. The number of hydrogen-bond acceptors (Lipinski definition) is 4. The Morgan fingerprint density at radius 2 is 2.16 bits per heavy atom. The zero-order valence-corrected chi connectivity index (χ0v) is 12.2. The zero-order valence-electron chi connectivity index (χ0n) is 11.3. The van der Waals surface area contributed by atoms with E-state index in [1.54, 1.807) is 23.9 Å². The van der Waals surface area contributed by atoms with Crippen molar-refractivity contribution in [3.05, 3.63) is 34.4 Å². The van der Waals surface area contributed by atoms with Gasteiger partial charge < -0.3 is 5.32 Å². The molecule has 1 aromatic carbocycles. The lowest BCUT2D eigenvalue weighted by Gasteiger charge is -2.20. The topological polar surface area (TPSA) is 55.2 Å². The van der Waals surface area contributed by atoms with Gasteiger partial charge in [0, 0.05) is 17.4 Å². The third kappa shape index (κ3) is 3.28. The highest BCUT2D eigenvalue weighted by Crippen LogP contribution is 2.41. The molecule has 2 rings (SSSR count). The van der Waals surface area contributed by atoms with Crippen molar-refractivity contribution in [1.82, 2.24) is 5.32 Å². The van der Waals surface area contributed by atoms with Crippen LogP contribution in [0.2, 0.25) is 0 Å². The van der Waals surface area contributed by atoms with Gasteiger partial charge >= 0.3 is 0 Å². The molecule has 3 atom stereocenters. The molecule has 1 fully saturated rings. The van der Waals surface area contributed by atoms with Gasteiger partial charge in [-0.25, -0.2) is 0 Å². The molecule has 5 heteroatoms. The number of nitro benzene ring substituents is 1. The summed E-state index contributed by atoms with van der Waals surface area (Å²) in [4.78, 5) is 11.5. The summed E-state index contributed by atoms with van der Waals surface area (Å²) < 4.78 is 0. The van der Waals surface area contributed by atoms with Gasteiger partial charge in [0.05, 0.1) is 9.82 Å². The molecule has 3 unspecified atom stereocenters. The molecule has 0 spiro atoms. The van der Waals surface area contributed by atoms with E-state index in [-0.39, 0.29) is 10.6 Å². The first-order chi connectivity index (χ1) is 9.13. The number of nitrogens with one attached hydrogen (secondary N) is 1. The summed E-state index contributed by atoms with van der Waals surface area (Å²) in [5.41, 5.74) is 0.228. The molecule has 0 bridgehead atoms. The van der Waals surface area contributed by atoms with Gasteiger partial charge in [0.2, 0.25) is 0 Å². The SMILES string of the molecule is CCNC1CCC(Sc2ccccc2[N+](=O)[O-])C1C. The number of para-hydroxylation sites is 1. The molecule has 0 aromatic heterocycles. The van der Waals surface area contributed by atoms with Gasteiger partial charge in [-0.3, -0.25) is 10.1 Å². The predicted octanol–water partition coefficient (Wildman–Crippen LogP) is 3.46. The van der Waals surface area contributed by atoms with E-state index >= 15 is 0 Å². The molecule has 0 aliphatic heterocycles. The number of hydrogen-bond donors (Lipinski definition) is 1. The standard InChI is InChI=1S/C14H20N2O2S/c1-3-15-11-8-9-13(10(11)2)19-14-7-5-4-6-12(14)16(17)18/h4-7,10-11,13,15H,3,8-9H2,1-2H3. The maximum absolute atomic E-state index is 11.0. The molecular weight excluding hydrogens is 260 g/mol. The summed E-state index contributed by atoms with van der Waals surface area (Å²) in [6.45, 7) is 5.35. The smallest absolute Gasteiger partial charge is 0.282 e. The van der Waals surface area contributed by atoms with Gasteiger partial charge in [-0.1, -0.05) is 26.0 Å². The van der Waals surface area contributed by atoms with Crippen LogP contribution in [0.15, 0.2) is 29.2 Å². The quantitative estimate of drug-likeness (QED) is 0.663. The predicted molar refractivity (Wildman–Crippen MR) is 78.6 cm³/mol. The summed E-state index contributed by atoms with van der Waals surface area (Å²) in [6.07, 6.45) is 2.28. The number of nitro groups is 1. The second kappa shape index (κ2) is 6.39. The Labute approximate surface area is 118 Å². The monoisotopic (exact) mass is 280 g/mol. The van der Waals surface area contributed by atoms with Crippen LogP contribution in [0.4, 0.5) is 5.69 Å². The minimum Gasteiger partial charge on any atom is -0.314 e. The Bertz CT molecular complexity index is 453. The Morgan fingerprint density at radius 1 is 1.42 bits per heavy atom. The maximum Gasteiger partial charge on any atom is 0.282 e. The molecule has 0 saturated heterocycles. The van der Waals surface area contributed by atoms with Crippen molar-refractivity contribution in [1.29, 1.82) is 0 Å². The highest BCUT2D eigenvalue weighted by molar-refractivity contribution is 8.00. The second-order valence-electron chi connectivity index (χ2n) is 4.98. The molecule has 0 radical (unpaired) electrons. The van der Waals surface area contributed by atoms with Crippen molar-refractivity contribution in [3.8, 4) is 0 Å². The van der Waals surface area contributed by atoms with Gasteiger partial charge in [0.25, 0.3) is 5.69 Å². The Kier molecular flexibility index (Phi) is 4.82. The summed E-state index contributed by atoms with van der Waals surface area (Å²) in [7, 11) is 0. The summed E-state index contributed by atoms with van der Waals surface area (Å²) in [5.74, 6) is 0.546. The Balaban J connectivity index is 2.08. The first kappa shape index (κ1) is 14.3. The third-order valence-electron chi connectivity index (χ3n) is 3.79. The fraction of sp³-hybridized carbons (Fsp3) is 0.571. The Hall–Kier alpha value is -1.07. The van der Waals surface area contributed by atoms with E-state index in [4.69, 9.17) is 0 Å². The second-order valence-corrected chi connectivity index (χ2v) is 6.26. The van der Waals surface area contributed by atoms with Crippen molar-refractivity contribution in [2.75, 3.05) is 6.54 Å². The molecule has 1 N–H and O–H groups in total. The van der Waals surface area contributed by atoms with Crippen LogP contribution in [0, 0.1) is 16.0 Å². The van der Waals surface area contributed by atoms with Gasteiger partial charge in [-0.05, 0) is 31.4 Å². The molecular formula is C14H20N2O2S. The van der Waals surface area contributed by atoms with Gasteiger partial charge in [-0.2, -0.15) is 0 Å². The van der Waals surface area contributed by atoms with Crippen molar-refractivity contribution in [2.24, 2.45) is 5.92 Å². The molecule has 1 aliphatic rings. The molecule has 104 valence electrons. The van der Waals surface area contributed by atoms with Crippen LogP contribution < -0.4 is 5.32 Å². The van der Waals surface area contributed by atoms with E-state index in [1.807, 2.05) is 12.1 Å². The fourth-order valence-electron chi connectivity index (χ4n) is 2.72. The Morgan fingerprint density at radius 3 is 2.84 bits per heavy atom. The van der Waals surface area contributed by atoms with Crippen molar-refractivity contribution in [3.63, 3.8) is 0 Å². The minimum absolute atomic E-state index is 0.228. The van der Waals surface area contributed by atoms with Crippen LogP contribution in [0.1, 0.15) is 26.7 Å². The van der Waals surface area contributed by atoms with Crippen molar-refractivity contribution >= 4 is 17.4 Å². The van der Waals surface area contributed by atoms with E-state index in [0.717, 1.165) is 24.3 Å². The summed E-state index contributed by atoms with van der Waals surface area (Å²) in [6, 6.07) is 7.59. The molecule has 1 aromatic rings. The van der Waals surface area contributed by atoms with Crippen LogP contribution >= 0.6 is 11.8 Å². The lowest BCUT2D eigenvalue weighted by atomic mass is 10.1. The highest BCUT2D eigenvalue weighted by atomic mass is 32.2. The number of nitrogens with zero attached hydrogens (tertiary/aromatic N) is 1. The number of rotatable bonds is 5. The van der Waals surface area contributed by atoms with E-state index in [9.17, 15) is 10.1 Å². The van der Waals surface area contributed by atoms with Crippen molar-refractivity contribution < 1.29 is 4.92 Å². The van der Waals surface area contributed by atoms with E-state index < -0.39 is 0 Å². The maximum atomic E-state index is 11.0. The molecule has 1 saturated carbocycles. The lowest BCUT2D eigenvalue weighted by Crippen LogP contribution is -2.33. The van der Waals surface area contributed by atoms with E-state index in [2.05, 4.69) is 19.2 Å². The average Bonchev–Trinajstić information content (AvgIpc) is 2.73. The van der Waals surface area contributed by atoms with Crippen LogP contribution in [0.5, 0.6) is 0 Å². The van der Waals surface area contributed by atoms with Crippen LogP contribution in [-0.2, 0) is 0 Å². The lowest BCUT2D eigenvalue weighted by molar-refractivity contribution is -0.387.